The Bertz CT molecular complexity index is 1520. The standard InChI is InChI=1S/C31H41N5O5S/c1-21(2)35(3)22-11-14-31(15-12-22,19-42(38,39)23-9-7-6-8-10-23)36-16-13-25(30(36)37)34-29-24-17-27(40-4)28(41-5)18-26(24)32-20-33-29/h6-10,17-18,20-22,25H,11-16,19H2,1-5H3,(H,32,33,34). The number of carbonyl (C=O) groups excluding carboxylic acids is 1. The number of rotatable bonds is 10. The second-order valence-corrected chi connectivity index (χ2v) is 13.7. The van der Waals surface area contributed by atoms with Gasteiger partial charge in [-0.3, -0.25) is 4.79 Å². The van der Waals surface area contributed by atoms with Gasteiger partial charge in [-0.1, -0.05) is 18.2 Å². The van der Waals surface area contributed by atoms with Gasteiger partial charge in [0, 0.05) is 30.1 Å². The number of fused-ring (bicyclic) bond motifs is 1. The van der Waals surface area contributed by atoms with E-state index in [9.17, 15) is 13.2 Å². The molecule has 2 heterocycles. The lowest BCUT2D eigenvalue weighted by atomic mass is 9.78. The lowest BCUT2D eigenvalue weighted by Gasteiger charge is -2.48. The third-order valence-electron chi connectivity index (χ3n) is 9.07. The van der Waals surface area contributed by atoms with Crippen LogP contribution in [0.4, 0.5) is 5.82 Å². The van der Waals surface area contributed by atoms with Gasteiger partial charge in [0.05, 0.1) is 35.9 Å². The number of hydrogen-bond donors (Lipinski definition) is 1. The van der Waals surface area contributed by atoms with Crippen LogP contribution in [-0.2, 0) is 14.6 Å². The molecule has 2 aromatic carbocycles. The number of aromatic nitrogens is 2. The van der Waals surface area contributed by atoms with Crippen LogP contribution in [0.1, 0.15) is 46.0 Å². The maximum Gasteiger partial charge on any atom is 0.245 e. The summed E-state index contributed by atoms with van der Waals surface area (Å²) in [6, 6.07) is 12.4. The molecule has 0 bridgehead atoms. The van der Waals surface area contributed by atoms with Gasteiger partial charge >= 0.3 is 0 Å². The van der Waals surface area contributed by atoms with E-state index in [1.807, 2.05) is 11.0 Å². The number of likely N-dealkylation sites (tertiary alicyclic amines) is 1. The number of benzene rings is 2. The van der Waals surface area contributed by atoms with Crippen molar-refractivity contribution in [3.63, 3.8) is 0 Å². The van der Waals surface area contributed by atoms with Gasteiger partial charge in [-0.2, -0.15) is 0 Å². The summed E-state index contributed by atoms with van der Waals surface area (Å²) >= 11 is 0. The first-order valence-corrected chi connectivity index (χ1v) is 16.2. The molecule has 1 saturated heterocycles. The summed E-state index contributed by atoms with van der Waals surface area (Å²) in [6.45, 7) is 4.82. The Morgan fingerprint density at radius 3 is 2.36 bits per heavy atom. The van der Waals surface area contributed by atoms with Gasteiger partial charge in [0.15, 0.2) is 21.3 Å². The molecule has 226 valence electrons. The zero-order chi connectivity index (χ0) is 30.1. The smallest absolute Gasteiger partial charge is 0.245 e. The van der Waals surface area contributed by atoms with E-state index in [-0.39, 0.29) is 11.7 Å². The Kier molecular flexibility index (Phi) is 8.61. The molecule has 10 nitrogen and oxygen atoms in total. The number of amides is 1. The van der Waals surface area contributed by atoms with Crippen LogP contribution in [0.25, 0.3) is 10.9 Å². The van der Waals surface area contributed by atoms with E-state index in [1.54, 1.807) is 50.6 Å². The molecule has 3 aromatic rings. The van der Waals surface area contributed by atoms with Gasteiger partial charge < -0.3 is 24.6 Å². The molecule has 11 heteroatoms. The lowest BCUT2D eigenvalue weighted by molar-refractivity contribution is -0.134. The lowest BCUT2D eigenvalue weighted by Crippen LogP contribution is -2.58. The van der Waals surface area contributed by atoms with Crippen molar-refractivity contribution in [3.05, 3.63) is 48.8 Å². The van der Waals surface area contributed by atoms with Gasteiger partial charge in [0.25, 0.3) is 0 Å². The molecule has 1 aliphatic carbocycles. The Morgan fingerprint density at radius 2 is 1.71 bits per heavy atom. The molecule has 1 unspecified atom stereocenters. The van der Waals surface area contributed by atoms with Crippen molar-refractivity contribution in [2.24, 2.45) is 0 Å². The molecule has 0 spiro atoms. The normalized spacial score (nSPS) is 23.1. The monoisotopic (exact) mass is 595 g/mol. The van der Waals surface area contributed by atoms with Gasteiger partial charge in [0.2, 0.25) is 5.91 Å². The van der Waals surface area contributed by atoms with Crippen molar-refractivity contribution in [2.45, 2.75) is 74.5 Å². The molecule has 42 heavy (non-hydrogen) atoms. The Balaban J connectivity index is 1.43. The molecule has 1 atom stereocenters. The molecule has 5 rings (SSSR count). The van der Waals surface area contributed by atoms with E-state index < -0.39 is 21.4 Å². The van der Waals surface area contributed by atoms with Crippen LogP contribution in [0.2, 0.25) is 0 Å². The number of sulfone groups is 1. The van der Waals surface area contributed by atoms with Gasteiger partial charge in [-0.05, 0) is 71.2 Å². The van der Waals surface area contributed by atoms with Crippen LogP contribution >= 0.6 is 0 Å². The Morgan fingerprint density at radius 1 is 1.05 bits per heavy atom. The largest absolute Gasteiger partial charge is 0.493 e. The van der Waals surface area contributed by atoms with E-state index >= 15 is 0 Å². The van der Waals surface area contributed by atoms with Crippen LogP contribution in [0.15, 0.2) is 53.7 Å². The second-order valence-electron chi connectivity index (χ2n) is 11.7. The highest BCUT2D eigenvalue weighted by atomic mass is 32.2. The zero-order valence-electron chi connectivity index (χ0n) is 25.0. The third kappa shape index (κ3) is 5.76. The van der Waals surface area contributed by atoms with Crippen LogP contribution in [0.3, 0.4) is 0 Å². The predicted octanol–water partition coefficient (Wildman–Crippen LogP) is 4.16. The SMILES string of the molecule is COc1cc2ncnc(NC3CCN(C4(CS(=O)(=O)c5ccccc5)CCC(N(C)C(C)C)CC4)C3=O)c2cc1OC. The van der Waals surface area contributed by atoms with Crippen molar-refractivity contribution < 1.29 is 22.7 Å². The molecule has 1 aliphatic heterocycles. The average molecular weight is 596 g/mol. The highest BCUT2D eigenvalue weighted by Crippen LogP contribution is 2.41. The molecule has 2 fully saturated rings. The number of nitrogens with zero attached hydrogens (tertiary/aromatic N) is 4. The fourth-order valence-corrected chi connectivity index (χ4v) is 8.36. The molecule has 1 amide bonds. The quantitative estimate of drug-likeness (QED) is 0.369. The minimum atomic E-state index is -3.63. The van der Waals surface area contributed by atoms with E-state index in [2.05, 4.69) is 41.1 Å². The molecule has 1 aromatic heterocycles. The van der Waals surface area contributed by atoms with Crippen molar-refractivity contribution in [1.29, 1.82) is 0 Å². The van der Waals surface area contributed by atoms with Crippen LogP contribution in [0.5, 0.6) is 11.5 Å². The first-order valence-electron chi connectivity index (χ1n) is 14.5. The summed E-state index contributed by atoms with van der Waals surface area (Å²) in [4.78, 5) is 27.4. The highest BCUT2D eigenvalue weighted by molar-refractivity contribution is 7.91. The number of ether oxygens (including phenoxy) is 2. The minimum absolute atomic E-state index is 0.0893. The summed E-state index contributed by atoms with van der Waals surface area (Å²) in [6.07, 6.45) is 4.92. The number of anilines is 1. The maximum absolute atomic E-state index is 14.1. The summed E-state index contributed by atoms with van der Waals surface area (Å²) in [5.74, 6) is 1.43. The number of nitrogens with one attached hydrogen (secondary N) is 1. The summed E-state index contributed by atoms with van der Waals surface area (Å²) in [7, 11) is 1.63. The van der Waals surface area contributed by atoms with Crippen molar-refractivity contribution in [1.82, 2.24) is 19.8 Å². The van der Waals surface area contributed by atoms with Crippen LogP contribution in [-0.4, -0.2) is 91.3 Å². The molecule has 0 radical (unpaired) electrons. The third-order valence-corrected chi connectivity index (χ3v) is 11.0. The Labute approximate surface area is 248 Å². The maximum atomic E-state index is 14.1. The first kappa shape index (κ1) is 30.0. The minimum Gasteiger partial charge on any atom is -0.493 e. The average Bonchev–Trinajstić information content (AvgIpc) is 3.37. The Hall–Kier alpha value is -3.44. The summed E-state index contributed by atoms with van der Waals surface area (Å²) in [5, 5.41) is 4.06. The van der Waals surface area contributed by atoms with E-state index in [1.165, 1.54) is 6.33 Å². The second kappa shape index (κ2) is 12.0. The van der Waals surface area contributed by atoms with E-state index in [0.29, 0.717) is 71.0 Å². The van der Waals surface area contributed by atoms with Crippen molar-refractivity contribution >= 4 is 32.5 Å². The topological polar surface area (TPSA) is 114 Å². The first-order chi connectivity index (χ1) is 20.1. The molecular formula is C31H41N5O5S. The fourth-order valence-electron chi connectivity index (χ4n) is 6.47. The molecule has 1 N–H and O–H groups in total. The van der Waals surface area contributed by atoms with Crippen molar-refractivity contribution in [2.75, 3.05) is 38.9 Å². The van der Waals surface area contributed by atoms with Crippen LogP contribution < -0.4 is 14.8 Å². The molecule has 2 aliphatic rings. The number of methoxy groups -OCH3 is 2. The van der Waals surface area contributed by atoms with E-state index in [4.69, 9.17) is 9.47 Å². The van der Waals surface area contributed by atoms with Gasteiger partial charge in [0.1, 0.15) is 18.2 Å². The van der Waals surface area contributed by atoms with Gasteiger partial charge in [-0.25, -0.2) is 18.4 Å². The van der Waals surface area contributed by atoms with Gasteiger partial charge in [-0.15, -0.1) is 0 Å². The van der Waals surface area contributed by atoms with Crippen LogP contribution in [0, 0.1) is 0 Å². The fraction of sp³-hybridized carbons (Fsp3) is 0.516. The number of hydrogen-bond acceptors (Lipinski definition) is 9. The molecule has 1 saturated carbocycles. The number of carbonyl (C=O) groups is 1. The van der Waals surface area contributed by atoms with Crippen molar-refractivity contribution in [3.8, 4) is 11.5 Å². The summed E-state index contributed by atoms with van der Waals surface area (Å²) in [5.41, 5.74) is -0.119. The summed E-state index contributed by atoms with van der Waals surface area (Å²) < 4.78 is 38.3. The highest BCUT2D eigenvalue weighted by Gasteiger charge is 2.50. The van der Waals surface area contributed by atoms with E-state index in [0.717, 1.165) is 12.8 Å². The predicted molar refractivity (Wildman–Crippen MR) is 163 cm³/mol. The molecular weight excluding hydrogens is 554 g/mol. The zero-order valence-corrected chi connectivity index (χ0v) is 25.9.